The molecule has 0 amide bonds. The third kappa shape index (κ3) is 6.03. The Labute approximate surface area is 112 Å². The molecule has 0 aliphatic carbocycles. The lowest BCUT2D eigenvalue weighted by Crippen LogP contribution is -2.06. The molecule has 0 aliphatic rings. The Morgan fingerprint density at radius 1 is 1.32 bits per heavy atom. The number of esters is 1. The van der Waals surface area contributed by atoms with Crippen molar-refractivity contribution in [3.8, 4) is 0 Å². The van der Waals surface area contributed by atoms with Crippen molar-refractivity contribution < 1.29 is 19.7 Å². The van der Waals surface area contributed by atoms with Gasteiger partial charge in [0.25, 0.3) is 0 Å². The monoisotopic (exact) mass is 265 g/mol. The first-order valence-electron chi connectivity index (χ1n) is 6.12. The zero-order valence-corrected chi connectivity index (χ0v) is 10.7. The van der Waals surface area contributed by atoms with Gasteiger partial charge in [-0.2, -0.15) is 0 Å². The second-order valence-electron chi connectivity index (χ2n) is 4.00. The van der Waals surface area contributed by atoms with E-state index in [9.17, 15) is 4.79 Å². The van der Waals surface area contributed by atoms with E-state index in [1.54, 1.807) is 24.3 Å². The number of hydrogen-bond donors (Lipinski definition) is 3. The highest BCUT2D eigenvalue weighted by molar-refractivity contribution is 5.81. The van der Waals surface area contributed by atoms with Crippen LogP contribution in [0.4, 0.5) is 5.69 Å². The molecule has 0 atom stereocenters. The van der Waals surface area contributed by atoms with Crippen LogP contribution in [0.3, 0.4) is 0 Å². The van der Waals surface area contributed by atoms with Gasteiger partial charge in [-0.25, -0.2) is 4.79 Å². The standard InChI is InChI=1S/C14H19NO4/c1-2-13(16)19-10-4-3-9-15-12-7-5-11(6-8-12)14(17)18/h2,5-8,14-15,17-18H,1,3-4,9-10H2. The highest BCUT2D eigenvalue weighted by Gasteiger charge is 2.01. The average molecular weight is 265 g/mol. The van der Waals surface area contributed by atoms with Crippen molar-refractivity contribution in [3.05, 3.63) is 42.5 Å². The van der Waals surface area contributed by atoms with Crippen LogP contribution in [0.25, 0.3) is 0 Å². The molecule has 5 nitrogen and oxygen atoms in total. The molecular formula is C14H19NO4. The normalized spacial score (nSPS) is 10.3. The van der Waals surface area contributed by atoms with Gasteiger partial charge in [0.1, 0.15) is 0 Å². The number of unbranched alkanes of at least 4 members (excludes halogenated alkanes) is 1. The van der Waals surface area contributed by atoms with Crippen molar-refractivity contribution in [1.29, 1.82) is 0 Å². The van der Waals surface area contributed by atoms with Crippen molar-refractivity contribution in [1.82, 2.24) is 0 Å². The second-order valence-corrected chi connectivity index (χ2v) is 4.00. The molecule has 0 unspecified atom stereocenters. The van der Waals surface area contributed by atoms with E-state index in [4.69, 9.17) is 14.9 Å². The minimum atomic E-state index is -1.44. The van der Waals surface area contributed by atoms with E-state index in [0.29, 0.717) is 12.2 Å². The zero-order valence-electron chi connectivity index (χ0n) is 10.7. The molecule has 1 aromatic carbocycles. The first kappa shape index (κ1) is 15.2. The van der Waals surface area contributed by atoms with Crippen LogP contribution in [0.1, 0.15) is 24.7 Å². The van der Waals surface area contributed by atoms with E-state index >= 15 is 0 Å². The molecule has 0 saturated carbocycles. The van der Waals surface area contributed by atoms with Gasteiger partial charge in [0.2, 0.25) is 0 Å². The van der Waals surface area contributed by atoms with Gasteiger partial charge in [-0.1, -0.05) is 18.7 Å². The summed E-state index contributed by atoms with van der Waals surface area (Å²) in [5, 5.41) is 21.1. The molecule has 104 valence electrons. The molecule has 19 heavy (non-hydrogen) atoms. The smallest absolute Gasteiger partial charge is 0.330 e. The van der Waals surface area contributed by atoms with Gasteiger partial charge in [0, 0.05) is 23.9 Å². The van der Waals surface area contributed by atoms with Crippen LogP contribution < -0.4 is 5.32 Å². The van der Waals surface area contributed by atoms with Crippen LogP contribution in [-0.4, -0.2) is 29.3 Å². The molecule has 0 heterocycles. The zero-order chi connectivity index (χ0) is 14.1. The molecule has 1 aromatic rings. The van der Waals surface area contributed by atoms with Crippen molar-refractivity contribution in [3.63, 3.8) is 0 Å². The summed E-state index contributed by atoms with van der Waals surface area (Å²) in [6.07, 6.45) is 1.36. The van der Waals surface area contributed by atoms with Crippen molar-refractivity contribution in [2.75, 3.05) is 18.5 Å². The number of benzene rings is 1. The van der Waals surface area contributed by atoms with E-state index < -0.39 is 12.3 Å². The Balaban J connectivity index is 2.15. The Kier molecular flexibility index (Phi) is 6.63. The Morgan fingerprint density at radius 3 is 2.58 bits per heavy atom. The van der Waals surface area contributed by atoms with Gasteiger partial charge >= 0.3 is 5.97 Å². The minimum absolute atomic E-state index is 0.391. The summed E-state index contributed by atoms with van der Waals surface area (Å²) in [7, 11) is 0. The van der Waals surface area contributed by atoms with E-state index in [0.717, 1.165) is 31.1 Å². The highest BCUT2D eigenvalue weighted by Crippen LogP contribution is 2.14. The van der Waals surface area contributed by atoms with E-state index in [-0.39, 0.29) is 0 Å². The lowest BCUT2D eigenvalue weighted by molar-refractivity contribution is -0.137. The summed E-state index contributed by atoms with van der Waals surface area (Å²) in [5.74, 6) is -0.397. The third-order valence-corrected chi connectivity index (χ3v) is 2.52. The molecule has 0 fully saturated rings. The SMILES string of the molecule is C=CC(=O)OCCCCNc1ccc(C(O)O)cc1. The van der Waals surface area contributed by atoms with Gasteiger partial charge in [-0.3, -0.25) is 0 Å². The Bertz CT molecular complexity index is 400. The lowest BCUT2D eigenvalue weighted by atomic mass is 10.2. The predicted molar refractivity (Wildman–Crippen MR) is 72.5 cm³/mol. The molecule has 0 aliphatic heterocycles. The van der Waals surface area contributed by atoms with Gasteiger partial charge in [-0.15, -0.1) is 0 Å². The van der Waals surface area contributed by atoms with Crippen molar-refractivity contribution >= 4 is 11.7 Å². The molecule has 1 rings (SSSR count). The van der Waals surface area contributed by atoms with Gasteiger partial charge in [0.15, 0.2) is 6.29 Å². The number of hydrogen-bond acceptors (Lipinski definition) is 5. The Hall–Kier alpha value is -1.85. The summed E-state index contributed by atoms with van der Waals surface area (Å²) < 4.78 is 4.85. The molecule has 0 spiro atoms. The third-order valence-electron chi connectivity index (χ3n) is 2.52. The summed E-state index contributed by atoms with van der Waals surface area (Å²) in [6.45, 7) is 4.46. The summed E-state index contributed by atoms with van der Waals surface area (Å²) in [6, 6.07) is 6.87. The van der Waals surface area contributed by atoms with Crippen LogP contribution >= 0.6 is 0 Å². The number of ether oxygens (including phenoxy) is 1. The van der Waals surface area contributed by atoms with Crippen molar-refractivity contribution in [2.45, 2.75) is 19.1 Å². The fourth-order valence-corrected chi connectivity index (χ4v) is 1.46. The van der Waals surface area contributed by atoms with Crippen LogP contribution in [0.2, 0.25) is 0 Å². The summed E-state index contributed by atoms with van der Waals surface area (Å²) >= 11 is 0. The first-order valence-corrected chi connectivity index (χ1v) is 6.12. The van der Waals surface area contributed by atoms with E-state index in [2.05, 4.69) is 11.9 Å². The maximum atomic E-state index is 10.8. The first-order chi connectivity index (χ1) is 9.13. The van der Waals surface area contributed by atoms with Crippen LogP contribution in [-0.2, 0) is 9.53 Å². The predicted octanol–water partition coefficient (Wildman–Crippen LogP) is 1.59. The number of aliphatic hydroxyl groups is 2. The summed E-state index contributed by atoms with van der Waals surface area (Å²) in [4.78, 5) is 10.8. The number of rotatable bonds is 8. The fraction of sp³-hybridized carbons (Fsp3) is 0.357. The molecule has 0 bridgehead atoms. The van der Waals surface area contributed by atoms with Gasteiger partial charge in [0.05, 0.1) is 6.61 Å². The molecule has 3 N–H and O–H groups in total. The topological polar surface area (TPSA) is 78.8 Å². The van der Waals surface area contributed by atoms with E-state index in [1.165, 1.54) is 0 Å². The number of aliphatic hydroxyl groups excluding tert-OH is 1. The van der Waals surface area contributed by atoms with Crippen LogP contribution in [0.5, 0.6) is 0 Å². The summed E-state index contributed by atoms with van der Waals surface area (Å²) in [5.41, 5.74) is 1.37. The second kappa shape index (κ2) is 8.29. The average Bonchev–Trinajstić information content (AvgIpc) is 2.42. The molecule has 0 aromatic heterocycles. The largest absolute Gasteiger partial charge is 0.463 e. The van der Waals surface area contributed by atoms with Crippen LogP contribution in [0.15, 0.2) is 36.9 Å². The van der Waals surface area contributed by atoms with Crippen molar-refractivity contribution in [2.24, 2.45) is 0 Å². The Morgan fingerprint density at radius 2 is 2.00 bits per heavy atom. The number of anilines is 1. The van der Waals surface area contributed by atoms with Gasteiger partial charge < -0.3 is 20.3 Å². The number of carbonyl (C=O) groups is 1. The van der Waals surface area contributed by atoms with E-state index in [1.807, 2.05) is 0 Å². The number of nitrogens with one attached hydrogen (secondary N) is 1. The molecular weight excluding hydrogens is 246 g/mol. The van der Waals surface area contributed by atoms with Gasteiger partial charge in [-0.05, 0) is 25.0 Å². The highest BCUT2D eigenvalue weighted by atomic mass is 16.5. The molecule has 0 radical (unpaired) electrons. The maximum absolute atomic E-state index is 10.8. The lowest BCUT2D eigenvalue weighted by Gasteiger charge is -2.08. The van der Waals surface area contributed by atoms with Crippen LogP contribution in [0, 0.1) is 0 Å². The maximum Gasteiger partial charge on any atom is 0.330 e. The quantitative estimate of drug-likeness (QED) is 0.288. The number of carbonyl (C=O) groups excluding carboxylic acids is 1. The fourth-order valence-electron chi connectivity index (χ4n) is 1.46. The minimum Gasteiger partial charge on any atom is -0.463 e. The molecule has 5 heteroatoms. The molecule has 0 saturated heterocycles.